The predicted octanol–water partition coefficient (Wildman–Crippen LogP) is 2.00. The average molecular weight is 300 g/mol. The minimum atomic E-state index is 0.252. The SMILES string of the molecule is COc1ccc(OC)c(-n2nnc(CN)c2-c2ccco2)c1. The number of ether oxygens (including phenoxy) is 2. The fourth-order valence-electron chi connectivity index (χ4n) is 2.24. The van der Waals surface area contributed by atoms with E-state index in [1.165, 1.54) is 0 Å². The number of nitrogens with two attached hydrogens (primary N) is 1. The molecule has 2 heterocycles. The second kappa shape index (κ2) is 5.90. The quantitative estimate of drug-likeness (QED) is 0.775. The highest BCUT2D eigenvalue weighted by molar-refractivity contribution is 5.62. The lowest BCUT2D eigenvalue weighted by atomic mass is 10.2. The second-order valence-corrected chi connectivity index (χ2v) is 4.52. The summed E-state index contributed by atoms with van der Waals surface area (Å²) >= 11 is 0. The topological polar surface area (TPSA) is 88.3 Å². The number of benzene rings is 1. The minimum Gasteiger partial charge on any atom is -0.497 e. The van der Waals surface area contributed by atoms with E-state index in [9.17, 15) is 0 Å². The van der Waals surface area contributed by atoms with E-state index in [-0.39, 0.29) is 6.54 Å². The molecule has 114 valence electrons. The van der Waals surface area contributed by atoms with Crippen molar-refractivity contribution in [3.05, 3.63) is 42.3 Å². The van der Waals surface area contributed by atoms with Crippen molar-refractivity contribution in [2.75, 3.05) is 14.2 Å². The molecular formula is C15H16N4O3. The van der Waals surface area contributed by atoms with Gasteiger partial charge in [-0.1, -0.05) is 5.21 Å². The van der Waals surface area contributed by atoms with Crippen molar-refractivity contribution in [3.8, 4) is 28.6 Å². The molecule has 0 saturated heterocycles. The molecule has 7 nitrogen and oxygen atoms in total. The molecule has 0 saturated carbocycles. The summed E-state index contributed by atoms with van der Waals surface area (Å²) in [5.41, 5.74) is 7.79. The molecule has 2 N–H and O–H groups in total. The molecule has 1 aromatic carbocycles. The standard InChI is InChI=1S/C15H16N4O3/c1-20-10-5-6-13(21-2)12(8-10)19-15(11(9-16)17-18-19)14-4-3-7-22-14/h3-8H,9,16H2,1-2H3. The first-order chi connectivity index (χ1) is 10.8. The molecule has 3 rings (SSSR count). The van der Waals surface area contributed by atoms with Crippen LogP contribution in [-0.2, 0) is 6.54 Å². The summed E-state index contributed by atoms with van der Waals surface area (Å²) in [5.74, 6) is 1.96. The van der Waals surface area contributed by atoms with Gasteiger partial charge in [0.1, 0.15) is 28.6 Å². The van der Waals surface area contributed by atoms with Crippen LogP contribution in [0, 0.1) is 0 Å². The number of methoxy groups -OCH3 is 2. The van der Waals surface area contributed by atoms with E-state index in [1.807, 2.05) is 24.3 Å². The zero-order valence-corrected chi connectivity index (χ0v) is 12.3. The van der Waals surface area contributed by atoms with Crippen LogP contribution >= 0.6 is 0 Å². The van der Waals surface area contributed by atoms with E-state index in [4.69, 9.17) is 19.6 Å². The summed E-state index contributed by atoms with van der Waals surface area (Å²) < 4.78 is 17.8. The van der Waals surface area contributed by atoms with Crippen molar-refractivity contribution in [2.45, 2.75) is 6.54 Å². The molecule has 0 spiro atoms. The fraction of sp³-hybridized carbons (Fsp3) is 0.200. The largest absolute Gasteiger partial charge is 0.497 e. The third-order valence-corrected chi connectivity index (χ3v) is 3.30. The zero-order valence-electron chi connectivity index (χ0n) is 12.3. The maximum Gasteiger partial charge on any atom is 0.154 e. The number of rotatable bonds is 5. The highest BCUT2D eigenvalue weighted by Gasteiger charge is 2.20. The summed E-state index contributed by atoms with van der Waals surface area (Å²) in [7, 11) is 3.20. The van der Waals surface area contributed by atoms with Crippen LogP contribution in [0.15, 0.2) is 41.0 Å². The van der Waals surface area contributed by atoms with Crippen LogP contribution in [0.3, 0.4) is 0 Å². The highest BCUT2D eigenvalue weighted by atomic mass is 16.5. The molecule has 3 aromatic rings. The van der Waals surface area contributed by atoms with Gasteiger partial charge in [-0.3, -0.25) is 0 Å². The zero-order chi connectivity index (χ0) is 15.5. The average Bonchev–Trinajstić information content (AvgIpc) is 3.22. The normalized spacial score (nSPS) is 10.7. The van der Waals surface area contributed by atoms with Crippen molar-refractivity contribution in [1.29, 1.82) is 0 Å². The minimum absolute atomic E-state index is 0.252. The molecule has 0 aliphatic heterocycles. The summed E-state index contributed by atoms with van der Waals surface area (Å²) in [6, 6.07) is 9.08. The molecule has 0 unspecified atom stereocenters. The molecule has 0 fully saturated rings. The summed E-state index contributed by atoms with van der Waals surface area (Å²) in [6.07, 6.45) is 1.59. The third-order valence-electron chi connectivity index (χ3n) is 3.30. The van der Waals surface area contributed by atoms with Gasteiger partial charge in [-0.2, -0.15) is 0 Å². The van der Waals surface area contributed by atoms with E-state index in [1.54, 1.807) is 31.2 Å². The van der Waals surface area contributed by atoms with Crippen molar-refractivity contribution in [1.82, 2.24) is 15.0 Å². The van der Waals surface area contributed by atoms with E-state index >= 15 is 0 Å². The van der Waals surface area contributed by atoms with Gasteiger partial charge in [0.05, 0.1) is 20.5 Å². The van der Waals surface area contributed by atoms with Crippen LogP contribution in [0.4, 0.5) is 0 Å². The van der Waals surface area contributed by atoms with Crippen LogP contribution < -0.4 is 15.2 Å². The maximum absolute atomic E-state index is 5.76. The first kappa shape index (κ1) is 14.2. The lowest BCUT2D eigenvalue weighted by Gasteiger charge is -2.12. The summed E-state index contributed by atoms with van der Waals surface area (Å²) in [4.78, 5) is 0. The Morgan fingerprint density at radius 2 is 2.09 bits per heavy atom. The van der Waals surface area contributed by atoms with Gasteiger partial charge in [-0.05, 0) is 24.3 Å². The van der Waals surface area contributed by atoms with Crippen molar-refractivity contribution >= 4 is 0 Å². The second-order valence-electron chi connectivity index (χ2n) is 4.52. The van der Waals surface area contributed by atoms with Gasteiger partial charge >= 0.3 is 0 Å². The first-order valence-electron chi connectivity index (χ1n) is 6.69. The van der Waals surface area contributed by atoms with Crippen LogP contribution in [0.25, 0.3) is 17.1 Å². The summed E-state index contributed by atoms with van der Waals surface area (Å²) in [5, 5.41) is 8.32. The van der Waals surface area contributed by atoms with Crippen LogP contribution in [-0.4, -0.2) is 29.2 Å². The Morgan fingerprint density at radius 1 is 1.23 bits per heavy atom. The Morgan fingerprint density at radius 3 is 2.73 bits per heavy atom. The highest BCUT2D eigenvalue weighted by Crippen LogP contribution is 2.32. The number of hydrogen-bond donors (Lipinski definition) is 1. The molecule has 0 radical (unpaired) electrons. The molecular weight excluding hydrogens is 284 g/mol. The number of aromatic nitrogens is 3. The summed E-state index contributed by atoms with van der Waals surface area (Å²) in [6.45, 7) is 0.252. The smallest absolute Gasteiger partial charge is 0.154 e. The molecule has 0 amide bonds. The molecule has 0 aliphatic rings. The van der Waals surface area contributed by atoms with E-state index in [0.29, 0.717) is 34.3 Å². The van der Waals surface area contributed by atoms with E-state index in [0.717, 1.165) is 0 Å². The van der Waals surface area contributed by atoms with Gasteiger partial charge in [0, 0.05) is 12.6 Å². The van der Waals surface area contributed by atoms with Gasteiger partial charge in [0.25, 0.3) is 0 Å². The van der Waals surface area contributed by atoms with Crippen molar-refractivity contribution in [2.24, 2.45) is 5.73 Å². The number of nitrogens with zero attached hydrogens (tertiary/aromatic N) is 3. The van der Waals surface area contributed by atoms with E-state index in [2.05, 4.69) is 10.3 Å². The molecule has 2 aromatic heterocycles. The monoisotopic (exact) mass is 300 g/mol. The number of furan rings is 1. The Kier molecular flexibility index (Phi) is 3.80. The molecule has 22 heavy (non-hydrogen) atoms. The van der Waals surface area contributed by atoms with Gasteiger partial charge in [0.2, 0.25) is 0 Å². The van der Waals surface area contributed by atoms with Crippen molar-refractivity contribution in [3.63, 3.8) is 0 Å². The molecule has 7 heteroatoms. The molecule has 0 aliphatic carbocycles. The van der Waals surface area contributed by atoms with Crippen LogP contribution in [0.2, 0.25) is 0 Å². The Balaban J connectivity index is 2.23. The first-order valence-corrected chi connectivity index (χ1v) is 6.69. The molecule has 0 atom stereocenters. The predicted molar refractivity (Wildman–Crippen MR) is 80.1 cm³/mol. The Labute approximate surface area is 127 Å². The third kappa shape index (κ3) is 2.31. The Bertz CT molecular complexity index is 765. The van der Waals surface area contributed by atoms with Gasteiger partial charge in [-0.15, -0.1) is 5.10 Å². The molecule has 0 bridgehead atoms. The van der Waals surface area contributed by atoms with Crippen LogP contribution in [0.1, 0.15) is 5.69 Å². The fourth-order valence-corrected chi connectivity index (χ4v) is 2.24. The lowest BCUT2D eigenvalue weighted by molar-refractivity contribution is 0.400. The Hall–Kier alpha value is -2.80. The van der Waals surface area contributed by atoms with E-state index < -0.39 is 0 Å². The van der Waals surface area contributed by atoms with Crippen molar-refractivity contribution < 1.29 is 13.9 Å². The number of hydrogen-bond acceptors (Lipinski definition) is 6. The van der Waals surface area contributed by atoms with Gasteiger partial charge < -0.3 is 19.6 Å². The maximum atomic E-state index is 5.76. The van der Waals surface area contributed by atoms with Crippen LogP contribution in [0.5, 0.6) is 11.5 Å². The van der Waals surface area contributed by atoms with Gasteiger partial charge in [-0.25, -0.2) is 4.68 Å². The van der Waals surface area contributed by atoms with Gasteiger partial charge in [0.15, 0.2) is 5.76 Å². The lowest BCUT2D eigenvalue weighted by Crippen LogP contribution is -2.04.